The summed E-state index contributed by atoms with van der Waals surface area (Å²) >= 11 is 0. The first kappa shape index (κ1) is 13.4. The van der Waals surface area contributed by atoms with Crippen LogP contribution in [0.3, 0.4) is 0 Å². The fourth-order valence-electron chi connectivity index (χ4n) is 1.08. The Bertz CT molecular complexity index is 361. The number of nitrogens with zero attached hydrogens (tertiary/aromatic N) is 2. The summed E-state index contributed by atoms with van der Waals surface area (Å²) in [5.41, 5.74) is 5.48. The Labute approximate surface area is 101 Å². The SMILES string of the molecule is CC(NNC(=O)OC(C)(C)C)c1cnccn1. The maximum absolute atomic E-state index is 11.4. The lowest BCUT2D eigenvalue weighted by Gasteiger charge is -2.21. The maximum Gasteiger partial charge on any atom is 0.422 e. The molecule has 0 fully saturated rings. The third-order valence-corrected chi connectivity index (χ3v) is 1.82. The third-order valence-electron chi connectivity index (χ3n) is 1.82. The molecular weight excluding hydrogens is 220 g/mol. The van der Waals surface area contributed by atoms with Gasteiger partial charge in [0, 0.05) is 12.4 Å². The van der Waals surface area contributed by atoms with Gasteiger partial charge in [-0.1, -0.05) is 0 Å². The summed E-state index contributed by atoms with van der Waals surface area (Å²) in [5, 5.41) is 0. The Morgan fingerprint density at radius 2 is 2.12 bits per heavy atom. The number of carbonyl (C=O) groups excluding carboxylic acids is 1. The van der Waals surface area contributed by atoms with Gasteiger partial charge in [-0.3, -0.25) is 15.4 Å². The normalized spacial score (nSPS) is 12.9. The van der Waals surface area contributed by atoms with Gasteiger partial charge in [-0.2, -0.15) is 0 Å². The van der Waals surface area contributed by atoms with Gasteiger partial charge in [0.15, 0.2) is 0 Å². The van der Waals surface area contributed by atoms with E-state index in [-0.39, 0.29) is 6.04 Å². The number of carbonyl (C=O) groups is 1. The molecule has 0 saturated heterocycles. The van der Waals surface area contributed by atoms with Crippen LogP contribution in [0.15, 0.2) is 18.6 Å². The van der Waals surface area contributed by atoms with E-state index in [1.165, 1.54) is 0 Å². The molecule has 0 saturated carbocycles. The molecule has 1 aromatic heterocycles. The predicted octanol–water partition coefficient (Wildman–Crippen LogP) is 1.57. The van der Waals surface area contributed by atoms with Crippen LogP contribution in [0.25, 0.3) is 0 Å². The highest BCUT2D eigenvalue weighted by molar-refractivity contribution is 5.67. The topological polar surface area (TPSA) is 76.1 Å². The van der Waals surface area contributed by atoms with Gasteiger partial charge in [-0.25, -0.2) is 10.2 Å². The minimum atomic E-state index is -0.520. The van der Waals surface area contributed by atoms with Crippen LogP contribution in [0.1, 0.15) is 39.4 Å². The number of hydrogen-bond donors (Lipinski definition) is 2. The molecule has 0 aromatic carbocycles. The monoisotopic (exact) mass is 238 g/mol. The molecule has 1 amide bonds. The summed E-state index contributed by atoms with van der Waals surface area (Å²) in [7, 11) is 0. The number of nitrogens with one attached hydrogen (secondary N) is 2. The van der Waals surface area contributed by atoms with Gasteiger partial charge in [-0.05, 0) is 27.7 Å². The zero-order chi connectivity index (χ0) is 12.9. The summed E-state index contributed by atoms with van der Waals surface area (Å²) in [4.78, 5) is 19.4. The average Bonchev–Trinajstić information content (AvgIpc) is 2.25. The Kier molecular flexibility index (Phi) is 4.39. The second kappa shape index (κ2) is 5.58. The highest BCUT2D eigenvalue weighted by Gasteiger charge is 2.16. The number of ether oxygens (including phenoxy) is 1. The molecule has 0 aliphatic heterocycles. The van der Waals surface area contributed by atoms with Crippen LogP contribution in [0.5, 0.6) is 0 Å². The summed E-state index contributed by atoms with van der Waals surface area (Å²) < 4.78 is 5.08. The van der Waals surface area contributed by atoms with E-state index in [0.717, 1.165) is 5.69 Å². The van der Waals surface area contributed by atoms with E-state index in [1.807, 2.05) is 6.92 Å². The van der Waals surface area contributed by atoms with Gasteiger partial charge in [0.1, 0.15) is 5.60 Å². The molecule has 0 aliphatic rings. The van der Waals surface area contributed by atoms with Crippen molar-refractivity contribution in [1.82, 2.24) is 20.8 Å². The Hall–Kier alpha value is -1.69. The van der Waals surface area contributed by atoms with Crippen molar-refractivity contribution in [1.29, 1.82) is 0 Å². The quantitative estimate of drug-likeness (QED) is 0.782. The molecule has 1 rings (SSSR count). The van der Waals surface area contributed by atoms with Crippen molar-refractivity contribution >= 4 is 6.09 Å². The molecule has 2 N–H and O–H groups in total. The van der Waals surface area contributed by atoms with E-state index in [9.17, 15) is 4.79 Å². The fourth-order valence-corrected chi connectivity index (χ4v) is 1.08. The van der Waals surface area contributed by atoms with Crippen LogP contribution >= 0.6 is 0 Å². The van der Waals surface area contributed by atoms with Crippen molar-refractivity contribution < 1.29 is 9.53 Å². The minimum Gasteiger partial charge on any atom is -0.443 e. The number of aromatic nitrogens is 2. The predicted molar refractivity (Wildman–Crippen MR) is 63.0 cm³/mol. The Morgan fingerprint density at radius 3 is 2.65 bits per heavy atom. The maximum atomic E-state index is 11.4. The van der Waals surface area contributed by atoms with Crippen molar-refractivity contribution in [2.24, 2.45) is 0 Å². The van der Waals surface area contributed by atoms with Gasteiger partial charge >= 0.3 is 6.09 Å². The number of rotatable bonds is 3. The second-order valence-corrected chi connectivity index (χ2v) is 4.62. The molecule has 0 spiro atoms. The molecule has 0 bridgehead atoms. The van der Waals surface area contributed by atoms with Crippen molar-refractivity contribution in [3.63, 3.8) is 0 Å². The van der Waals surface area contributed by atoms with Gasteiger partial charge < -0.3 is 4.74 Å². The Morgan fingerprint density at radius 1 is 1.41 bits per heavy atom. The van der Waals surface area contributed by atoms with Gasteiger partial charge in [-0.15, -0.1) is 0 Å². The van der Waals surface area contributed by atoms with E-state index in [1.54, 1.807) is 39.4 Å². The molecule has 1 aromatic rings. The third kappa shape index (κ3) is 5.26. The molecule has 94 valence electrons. The summed E-state index contributed by atoms with van der Waals surface area (Å²) in [6, 6.07) is -0.142. The molecule has 6 nitrogen and oxygen atoms in total. The number of hydrogen-bond acceptors (Lipinski definition) is 5. The second-order valence-electron chi connectivity index (χ2n) is 4.62. The summed E-state index contributed by atoms with van der Waals surface area (Å²) in [6.45, 7) is 7.28. The van der Waals surface area contributed by atoms with Crippen molar-refractivity contribution in [3.05, 3.63) is 24.3 Å². The molecule has 1 unspecified atom stereocenters. The largest absolute Gasteiger partial charge is 0.443 e. The zero-order valence-corrected chi connectivity index (χ0v) is 10.5. The Balaban J connectivity index is 2.39. The van der Waals surface area contributed by atoms with Crippen LogP contribution in [0.2, 0.25) is 0 Å². The minimum absolute atomic E-state index is 0.142. The van der Waals surface area contributed by atoms with E-state index < -0.39 is 11.7 Å². The van der Waals surface area contributed by atoms with Crippen LogP contribution < -0.4 is 10.9 Å². The van der Waals surface area contributed by atoms with Gasteiger partial charge in [0.2, 0.25) is 0 Å². The number of hydrazine groups is 1. The van der Waals surface area contributed by atoms with Crippen LogP contribution in [0, 0.1) is 0 Å². The van der Waals surface area contributed by atoms with Crippen LogP contribution in [-0.2, 0) is 4.74 Å². The van der Waals surface area contributed by atoms with E-state index in [2.05, 4.69) is 20.8 Å². The first-order chi connectivity index (χ1) is 7.88. The fraction of sp³-hybridized carbons (Fsp3) is 0.545. The lowest BCUT2D eigenvalue weighted by molar-refractivity contribution is 0.0489. The molecule has 0 radical (unpaired) electrons. The summed E-state index contributed by atoms with van der Waals surface area (Å²) in [5.74, 6) is 0. The lowest BCUT2D eigenvalue weighted by atomic mass is 10.2. The first-order valence-corrected chi connectivity index (χ1v) is 5.39. The van der Waals surface area contributed by atoms with E-state index in [4.69, 9.17) is 4.74 Å². The van der Waals surface area contributed by atoms with Crippen LogP contribution in [0.4, 0.5) is 4.79 Å². The lowest BCUT2D eigenvalue weighted by Crippen LogP contribution is -2.42. The smallest absolute Gasteiger partial charge is 0.422 e. The highest BCUT2D eigenvalue weighted by Crippen LogP contribution is 2.07. The summed E-state index contributed by atoms with van der Waals surface area (Å²) in [6.07, 6.45) is 4.31. The standard InChI is InChI=1S/C11H18N4O2/c1-8(9-7-12-5-6-13-9)14-15-10(16)17-11(2,3)4/h5-8,14H,1-4H3,(H,15,16). The molecular formula is C11H18N4O2. The van der Waals surface area contributed by atoms with Crippen molar-refractivity contribution in [3.8, 4) is 0 Å². The zero-order valence-electron chi connectivity index (χ0n) is 10.5. The number of amides is 1. The molecule has 17 heavy (non-hydrogen) atoms. The van der Waals surface area contributed by atoms with Crippen molar-refractivity contribution in [2.75, 3.05) is 0 Å². The molecule has 6 heteroatoms. The van der Waals surface area contributed by atoms with Crippen LogP contribution in [-0.4, -0.2) is 21.7 Å². The van der Waals surface area contributed by atoms with Gasteiger partial charge in [0.25, 0.3) is 0 Å². The molecule has 1 heterocycles. The average molecular weight is 238 g/mol. The van der Waals surface area contributed by atoms with E-state index in [0.29, 0.717) is 0 Å². The molecule has 0 aliphatic carbocycles. The first-order valence-electron chi connectivity index (χ1n) is 5.39. The van der Waals surface area contributed by atoms with Crippen molar-refractivity contribution in [2.45, 2.75) is 39.3 Å². The molecule has 1 atom stereocenters. The highest BCUT2D eigenvalue weighted by atomic mass is 16.6. The van der Waals surface area contributed by atoms with E-state index >= 15 is 0 Å². The van der Waals surface area contributed by atoms with Gasteiger partial charge in [0.05, 0.1) is 17.9 Å².